The van der Waals surface area contributed by atoms with Gasteiger partial charge in [0, 0.05) is 6.04 Å². The van der Waals surface area contributed by atoms with Gasteiger partial charge in [0.2, 0.25) is 5.91 Å². The van der Waals surface area contributed by atoms with Crippen molar-refractivity contribution < 1.29 is 24.3 Å². The predicted molar refractivity (Wildman–Crippen MR) is 80.5 cm³/mol. The lowest BCUT2D eigenvalue weighted by atomic mass is 9.97. The Balaban J connectivity index is 2.19. The first-order valence-corrected chi connectivity index (χ1v) is 7.87. The van der Waals surface area contributed by atoms with E-state index in [1.165, 1.54) is 6.92 Å². The van der Waals surface area contributed by atoms with Crippen LogP contribution in [0.1, 0.15) is 46.5 Å². The molecule has 0 aromatic rings. The Morgan fingerprint density at radius 1 is 1.26 bits per heavy atom. The molecule has 0 radical (unpaired) electrons. The van der Waals surface area contributed by atoms with E-state index in [9.17, 15) is 19.2 Å². The van der Waals surface area contributed by atoms with Crippen LogP contribution in [0.3, 0.4) is 0 Å². The van der Waals surface area contributed by atoms with Gasteiger partial charge < -0.3 is 15.3 Å². The number of rotatable bonds is 5. The van der Waals surface area contributed by atoms with Crippen molar-refractivity contribution in [2.24, 2.45) is 0 Å². The van der Waals surface area contributed by atoms with Crippen LogP contribution in [0.2, 0.25) is 0 Å². The average Bonchev–Trinajstić information content (AvgIpc) is 3.01. The number of carbonyl (C=O) groups excluding carboxylic acids is 3. The third-order valence-electron chi connectivity index (χ3n) is 4.61. The molecule has 1 aliphatic carbocycles. The van der Waals surface area contributed by atoms with E-state index in [4.69, 9.17) is 5.11 Å². The van der Waals surface area contributed by atoms with E-state index in [1.807, 2.05) is 0 Å². The van der Waals surface area contributed by atoms with Gasteiger partial charge >= 0.3 is 12.0 Å². The first kappa shape index (κ1) is 17.2. The van der Waals surface area contributed by atoms with Gasteiger partial charge in [0.15, 0.2) is 0 Å². The number of carbonyl (C=O) groups is 4. The second kappa shape index (κ2) is 6.17. The first-order valence-electron chi connectivity index (χ1n) is 7.87. The van der Waals surface area contributed by atoms with Gasteiger partial charge in [-0.25, -0.2) is 9.69 Å². The van der Waals surface area contributed by atoms with Gasteiger partial charge in [0.1, 0.15) is 18.1 Å². The van der Waals surface area contributed by atoms with Gasteiger partial charge in [-0.1, -0.05) is 12.8 Å². The maximum atomic E-state index is 12.7. The number of carboxylic acid groups (broad SMARTS) is 1. The van der Waals surface area contributed by atoms with Crippen molar-refractivity contribution in [3.63, 3.8) is 0 Å². The quantitative estimate of drug-likeness (QED) is 0.718. The molecule has 2 N–H and O–H groups in total. The first-order chi connectivity index (χ1) is 10.7. The summed E-state index contributed by atoms with van der Waals surface area (Å²) >= 11 is 0. The number of hydrogen-bond acceptors (Lipinski definition) is 4. The highest BCUT2D eigenvalue weighted by atomic mass is 16.4. The fourth-order valence-corrected chi connectivity index (χ4v) is 3.32. The van der Waals surface area contributed by atoms with Crippen molar-refractivity contribution in [2.75, 3.05) is 6.54 Å². The standard InChI is InChI=1S/C15H23N3O5/c1-9(2)17(8-11(19)20)12(21)10(3)18-13(22)15(16-14(18)23)6-4-5-7-15/h9-10H,4-8H2,1-3H3,(H,16,23)(H,19,20). The molecule has 2 rings (SSSR count). The van der Waals surface area contributed by atoms with Crippen molar-refractivity contribution in [3.05, 3.63) is 0 Å². The summed E-state index contributed by atoms with van der Waals surface area (Å²) < 4.78 is 0. The van der Waals surface area contributed by atoms with Crippen molar-refractivity contribution in [3.8, 4) is 0 Å². The molecule has 1 spiro atoms. The van der Waals surface area contributed by atoms with E-state index < -0.39 is 36.0 Å². The Kier molecular flexibility index (Phi) is 4.63. The minimum atomic E-state index is -1.14. The van der Waals surface area contributed by atoms with Gasteiger partial charge in [-0.15, -0.1) is 0 Å². The van der Waals surface area contributed by atoms with Crippen LogP contribution in [-0.2, 0) is 14.4 Å². The summed E-state index contributed by atoms with van der Waals surface area (Å²) in [7, 11) is 0. The molecule has 0 bridgehead atoms. The molecule has 1 aliphatic heterocycles. The minimum absolute atomic E-state index is 0.345. The van der Waals surface area contributed by atoms with Crippen LogP contribution in [0, 0.1) is 0 Å². The number of imide groups is 1. The van der Waals surface area contributed by atoms with Crippen molar-refractivity contribution >= 4 is 23.8 Å². The molecule has 1 saturated heterocycles. The molecule has 1 saturated carbocycles. The topological polar surface area (TPSA) is 107 Å². The Bertz CT molecular complexity index is 539. The van der Waals surface area contributed by atoms with Crippen LogP contribution < -0.4 is 5.32 Å². The molecule has 2 aliphatic rings. The average molecular weight is 325 g/mol. The van der Waals surface area contributed by atoms with Crippen LogP contribution in [0.25, 0.3) is 0 Å². The minimum Gasteiger partial charge on any atom is -0.480 e. The molecule has 2 fully saturated rings. The van der Waals surface area contributed by atoms with Crippen LogP contribution in [0.5, 0.6) is 0 Å². The largest absolute Gasteiger partial charge is 0.480 e. The third-order valence-corrected chi connectivity index (χ3v) is 4.61. The highest BCUT2D eigenvalue weighted by molar-refractivity contribution is 6.10. The summed E-state index contributed by atoms with van der Waals surface area (Å²) in [5.41, 5.74) is -0.874. The van der Waals surface area contributed by atoms with E-state index in [-0.39, 0.29) is 11.9 Å². The Morgan fingerprint density at radius 3 is 2.30 bits per heavy atom. The second-order valence-corrected chi connectivity index (χ2v) is 6.52. The molecule has 128 valence electrons. The summed E-state index contributed by atoms with van der Waals surface area (Å²) in [6.07, 6.45) is 2.88. The van der Waals surface area contributed by atoms with E-state index in [0.29, 0.717) is 12.8 Å². The lowest BCUT2D eigenvalue weighted by Crippen LogP contribution is -2.53. The highest BCUT2D eigenvalue weighted by Gasteiger charge is 2.54. The molecule has 8 nitrogen and oxygen atoms in total. The van der Waals surface area contributed by atoms with Crippen LogP contribution in [0.15, 0.2) is 0 Å². The lowest BCUT2D eigenvalue weighted by Gasteiger charge is -2.31. The summed E-state index contributed by atoms with van der Waals surface area (Å²) in [5.74, 6) is -2.05. The fraction of sp³-hybridized carbons (Fsp3) is 0.733. The van der Waals surface area contributed by atoms with E-state index in [1.54, 1.807) is 13.8 Å². The Morgan fingerprint density at radius 2 is 1.83 bits per heavy atom. The number of amides is 4. The van der Waals surface area contributed by atoms with Crippen molar-refractivity contribution in [1.82, 2.24) is 15.1 Å². The maximum Gasteiger partial charge on any atom is 0.325 e. The number of nitrogens with zero attached hydrogens (tertiary/aromatic N) is 2. The SMILES string of the molecule is CC(C)N(CC(=O)O)C(=O)C(C)N1C(=O)NC2(CCCC2)C1=O. The Labute approximate surface area is 134 Å². The summed E-state index contributed by atoms with van der Waals surface area (Å²) in [5, 5.41) is 11.7. The van der Waals surface area contributed by atoms with Gasteiger partial charge in [-0.3, -0.25) is 14.4 Å². The molecule has 1 heterocycles. The molecule has 23 heavy (non-hydrogen) atoms. The summed E-state index contributed by atoms with van der Waals surface area (Å²) in [6.45, 7) is 4.39. The van der Waals surface area contributed by atoms with Gasteiger partial charge in [0.05, 0.1) is 0 Å². The molecule has 0 aromatic heterocycles. The zero-order valence-electron chi connectivity index (χ0n) is 13.7. The van der Waals surface area contributed by atoms with Crippen LogP contribution >= 0.6 is 0 Å². The molecule has 1 unspecified atom stereocenters. The molecule has 4 amide bonds. The molecule has 0 aromatic carbocycles. The maximum absolute atomic E-state index is 12.7. The third kappa shape index (κ3) is 3.02. The van der Waals surface area contributed by atoms with Gasteiger partial charge in [-0.2, -0.15) is 0 Å². The monoisotopic (exact) mass is 325 g/mol. The molecular formula is C15H23N3O5. The second-order valence-electron chi connectivity index (χ2n) is 6.52. The summed E-state index contributed by atoms with van der Waals surface area (Å²) in [4.78, 5) is 50.5. The predicted octanol–water partition coefficient (Wildman–Crippen LogP) is 0.561. The zero-order chi connectivity index (χ0) is 17.4. The smallest absolute Gasteiger partial charge is 0.325 e. The molecule has 1 atom stereocenters. The fourth-order valence-electron chi connectivity index (χ4n) is 3.32. The highest BCUT2D eigenvalue weighted by Crippen LogP contribution is 2.35. The number of urea groups is 1. The van der Waals surface area contributed by atoms with E-state index >= 15 is 0 Å². The summed E-state index contributed by atoms with van der Waals surface area (Å²) in [6, 6.07) is -1.94. The number of hydrogen-bond donors (Lipinski definition) is 2. The number of nitrogens with one attached hydrogen (secondary N) is 1. The Hall–Kier alpha value is -2.12. The van der Waals surface area contributed by atoms with Crippen LogP contribution in [0.4, 0.5) is 4.79 Å². The van der Waals surface area contributed by atoms with Gasteiger partial charge in [-0.05, 0) is 33.6 Å². The molecule has 8 heteroatoms. The van der Waals surface area contributed by atoms with E-state index in [0.717, 1.165) is 22.6 Å². The van der Waals surface area contributed by atoms with Crippen LogP contribution in [-0.4, -0.2) is 62.9 Å². The van der Waals surface area contributed by atoms with Gasteiger partial charge in [0.25, 0.3) is 5.91 Å². The zero-order valence-corrected chi connectivity index (χ0v) is 13.7. The number of aliphatic carboxylic acids is 1. The normalized spacial score (nSPS) is 21.0. The molecular weight excluding hydrogens is 302 g/mol. The lowest BCUT2D eigenvalue weighted by molar-refractivity contribution is -0.149. The van der Waals surface area contributed by atoms with Crippen molar-refractivity contribution in [1.29, 1.82) is 0 Å². The van der Waals surface area contributed by atoms with E-state index in [2.05, 4.69) is 5.32 Å². The van der Waals surface area contributed by atoms with Crippen molar-refractivity contribution in [2.45, 2.75) is 64.1 Å². The number of carboxylic acids is 1.